The van der Waals surface area contributed by atoms with Gasteiger partial charge in [-0.3, -0.25) is 9.98 Å². The summed E-state index contributed by atoms with van der Waals surface area (Å²) < 4.78 is 5.52. The topological polar surface area (TPSA) is 61.8 Å². The lowest BCUT2D eigenvalue weighted by atomic mass is 10.1. The molecule has 3 aromatic rings. The summed E-state index contributed by atoms with van der Waals surface area (Å²) in [5.74, 6) is 1.73. The molecule has 2 N–H and O–H groups in total. The third-order valence-corrected chi connectivity index (χ3v) is 5.53. The van der Waals surface area contributed by atoms with E-state index in [0.717, 1.165) is 48.2 Å². The van der Waals surface area contributed by atoms with Gasteiger partial charge in [0.15, 0.2) is 5.96 Å². The molecule has 2 heterocycles. The molecule has 1 saturated heterocycles. The van der Waals surface area contributed by atoms with Crippen molar-refractivity contribution >= 4 is 35.6 Å². The van der Waals surface area contributed by atoms with Gasteiger partial charge in [0.25, 0.3) is 0 Å². The summed E-state index contributed by atoms with van der Waals surface area (Å²) in [7, 11) is 3.53. The number of para-hydroxylation sites is 2. The minimum Gasteiger partial charge on any atom is -0.495 e. The Morgan fingerprint density at radius 3 is 2.75 bits per heavy atom. The molecule has 0 saturated carbocycles. The summed E-state index contributed by atoms with van der Waals surface area (Å²) in [6, 6.07) is 22.9. The number of benzene rings is 2. The molecule has 1 atom stereocenters. The fourth-order valence-electron chi connectivity index (χ4n) is 3.94. The number of methoxy groups -OCH3 is 1. The number of guanidine groups is 1. The zero-order valence-electron chi connectivity index (χ0n) is 18.5. The zero-order valence-corrected chi connectivity index (χ0v) is 20.8. The van der Waals surface area contributed by atoms with E-state index in [1.54, 1.807) is 7.11 Å². The van der Waals surface area contributed by atoms with E-state index >= 15 is 0 Å². The number of anilines is 1. The standard InChI is InChI=1S/C25H29N5O.HI/c1-26-25(28-17-19-8-7-9-20(16-19)22-10-5-6-14-27-22)29-21-13-15-30(18-21)23-11-3-4-12-24(23)31-2;/h3-12,14,16,21H,13,15,17-18H2,1-2H3,(H2,26,28,29);1H. The second kappa shape index (κ2) is 11.7. The maximum atomic E-state index is 5.52. The van der Waals surface area contributed by atoms with Crippen molar-refractivity contribution in [3.63, 3.8) is 0 Å². The molecule has 0 aliphatic carbocycles. The van der Waals surface area contributed by atoms with Crippen LogP contribution in [-0.4, -0.2) is 44.2 Å². The van der Waals surface area contributed by atoms with Gasteiger partial charge in [0.2, 0.25) is 0 Å². The van der Waals surface area contributed by atoms with Crippen molar-refractivity contribution in [2.24, 2.45) is 4.99 Å². The number of hydrogen-bond donors (Lipinski definition) is 2. The Kier molecular flexibility index (Phi) is 8.72. The van der Waals surface area contributed by atoms with E-state index < -0.39 is 0 Å². The van der Waals surface area contributed by atoms with Gasteiger partial charge in [-0.15, -0.1) is 24.0 Å². The third kappa shape index (κ3) is 5.91. The van der Waals surface area contributed by atoms with Gasteiger partial charge in [0.05, 0.1) is 18.5 Å². The normalized spacial score (nSPS) is 15.8. The largest absolute Gasteiger partial charge is 0.495 e. The number of aliphatic imine (C=N–C) groups is 1. The fraction of sp³-hybridized carbons (Fsp3) is 0.280. The summed E-state index contributed by atoms with van der Waals surface area (Å²) in [6.07, 6.45) is 2.87. The molecule has 168 valence electrons. The predicted octanol–water partition coefficient (Wildman–Crippen LogP) is 4.32. The molecule has 7 heteroatoms. The van der Waals surface area contributed by atoms with Crippen LogP contribution < -0.4 is 20.3 Å². The number of hydrogen-bond acceptors (Lipinski definition) is 4. The smallest absolute Gasteiger partial charge is 0.191 e. The molecule has 1 unspecified atom stereocenters. The molecular weight excluding hydrogens is 513 g/mol. The summed E-state index contributed by atoms with van der Waals surface area (Å²) in [6.45, 7) is 2.60. The number of pyridine rings is 1. The molecule has 1 aromatic heterocycles. The number of ether oxygens (including phenoxy) is 1. The van der Waals surface area contributed by atoms with Crippen molar-refractivity contribution in [1.82, 2.24) is 15.6 Å². The van der Waals surface area contributed by atoms with Crippen LogP contribution in [0.5, 0.6) is 5.75 Å². The molecule has 1 aliphatic rings. The number of aromatic nitrogens is 1. The highest BCUT2D eigenvalue weighted by Crippen LogP contribution is 2.30. The van der Waals surface area contributed by atoms with E-state index in [4.69, 9.17) is 4.74 Å². The summed E-state index contributed by atoms with van der Waals surface area (Å²) in [5.41, 5.74) is 4.43. The van der Waals surface area contributed by atoms with Gasteiger partial charge in [-0.1, -0.05) is 36.4 Å². The van der Waals surface area contributed by atoms with Gasteiger partial charge < -0.3 is 20.3 Å². The van der Waals surface area contributed by atoms with E-state index in [2.05, 4.69) is 61.9 Å². The van der Waals surface area contributed by atoms with Crippen LogP contribution in [0.15, 0.2) is 77.9 Å². The lowest BCUT2D eigenvalue weighted by molar-refractivity contribution is 0.415. The molecule has 1 fully saturated rings. The first-order chi connectivity index (χ1) is 15.3. The molecule has 4 rings (SSSR count). The molecule has 32 heavy (non-hydrogen) atoms. The van der Waals surface area contributed by atoms with E-state index in [-0.39, 0.29) is 24.0 Å². The first-order valence-corrected chi connectivity index (χ1v) is 10.6. The Morgan fingerprint density at radius 2 is 1.97 bits per heavy atom. The number of nitrogens with one attached hydrogen (secondary N) is 2. The van der Waals surface area contributed by atoms with Gasteiger partial charge in [-0.05, 0) is 42.3 Å². The number of rotatable bonds is 6. The molecule has 0 radical (unpaired) electrons. The van der Waals surface area contributed by atoms with E-state index in [1.165, 1.54) is 5.56 Å². The average Bonchev–Trinajstić information content (AvgIpc) is 3.31. The molecular formula is C25H30IN5O. The van der Waals surface area contributed by atoms with Crippen molar-refractivity contribution in [1.29, 1.82) is 0 Å². The Bertz CT molecular complexity index is 1030. The minimum atomic E-state index is 0. The highest BCUT2D eigenvalue weighted by atomic mass is 127. The third-order valence-electron chi connectivity index (χ3n) is 5.53. The second-order valence-electron chi connectivity index (χ2n) is 7.59. The van der Waals surface area contributed by atoms with Crippen molar-refractivity contribution in [3.05, 3.63) is 78.5 Å². The van der Waals surface area contributed by atoms with Gasteiger partial charge >= 0.3 is 0 Å². The maximum Gasteiger partial charge on any atom is 0.191 e. The molecule has 2 aromatic carbocycles. The lowest BCUT2D eigenvalue weighted by Crippen LogP contribution is -2.44. The van der Waals surface area contributed by atoms with E-state index in [9.17, 15) is 0 Å². The van der Waals surface area contributed by atoms with Gasteiger partial charge in [0, 0.05) is 44.5 Å². The Hall–Kier alpha value is -2.81. The quantitative estimate of drug-likeness (QED) is 0.276. The van der Waals surface area contributed by atoms with Gasteiger partial charge in [0.1, 0.15) is 5.75 Å². The van der Waals surface area contributed by atoms with E-state index in [1.807, 2.05) is 43.6 Å². The molecule has 0 bridgehead atoms. The zero-order chi connectivity index (χ0) is 21.5. The van der Waals surface area contributed by atoms with Crippen molar-refractivity contribution in [2.75, 3.05) is 32.1 Å². The van der Waals surface area contributed by atoms with Gasteiger partial charge in [-0.25, -0.2) is 0 Å². The van der Waals surface area contributed by atoms with Crippen LogP contribution in [0.2, 0.25) is 0 Å². The summed E-state index contributed by atoms with van der Waals surface area (Å²) in [4.78, 5) is 11.2. The molecule has 0 amide bonds. The summed E-state index contributed by atoms with van der Waals surface area (Å²) in [5, 5.41) is 7.01. The number of nitrogens with zero attached hydrogens (tertiary/aromatic N) is 3. The maximum absolute atomic E-state index is 5.52. The fourth-order valence-corrected chi connectivity index (χ4v) is 3.94. The van der Waals surface area contributed by atoms with Crippen LogP contribution in [0.3, 0.4) is 0 Å². The van der Waals surface area contributed by atoms with E-state index in [0.29, 0.717) is 12.6 Å². The second-order valence-corrected chi connectivity index (χ2v) is 7.59. The highest BCUT2D eigenvalue weighted by molar-refractivity contribution is 14.0. The molecule has 0 spiro atoms. The van der Waals surface area contributed by atoms with Crippen LogP contribution in [0.25, 0.3) is 11.3 Å². The first-order valence-electron chi connectivity index (χ1n) is 10.6. The van der Waals surface area contributed by atoms with Crippen molar-refractivity contribution in [3.8, 4) is 17.0 Å². The lowest BCUT2D eigenvalue weighted by Gasteiger charge is -2.22. The predicted molar refractivity (Wildman–Crippen MR) is 142 cm³/mol. The van der Waals surface area contributed by atoms with Crippen LogP contribution in [-0.2, 0) is 6.54 Å². The Balaban J connectivity index is 0.00000289. The van der Waals surface area contributed by atoms with Crippen LogP contribution in [0.4, 0.5) is 5.69 Å². The minimum absolute atomic E-state index is 0. The Labute approximate surface area is 207 Å². The monoisotopic (exact) mass is 543 g/mol. The van der Waals surface area contributed by atoms with Crippen molar-refractivity contribution < 1.29 is 4.74 Å². The Morgan fingerprint density at radius 1 is 1.12 bits per heavy atom. The molecule has 6 nitrogen and oxygen atoms in total. The van der Waals surface area contributed by atoms with Crippen LogP contribution in [0.1, 0.15) is 12.0 Å². The summed E-state index contributed by atoms with van der Waals surface area (Å²) >= 11 is 0. The van der Waals surface area contributed by atoms with Gasteiger partial charge in [-0.2, -0.15) is 0 Å². The molecule has 1 aliphatic heterocycles. The SMILES string of the molecule is CN=C(NCc1cccc(-c2ccccn2)c1)NC1CCN(c2ccccc2OC)C1.I. The first kappa shape index (κ1) is 23.8. The van der Waals surface area contributed by atoms with Crippen LogP contribution in [0, 0.1) is 0 Å². The van der Waals surface area contributed by atoms with Crippen LogP contribution >= 0.6 is 24.0 Å². The average molecular weight is 543 g/mol. The number of halogens is 1. The highest BCUT2D eigenvalue weighted by Gasteiger charge is 2.25. The van der Waals surface area contributed by atoms with Crippen molar-refractivity contribution in [2.45, 2.75) is 19.0 Å².